The average molecular weight is 306 g/mol. The largest absolute Gasteiger partial charge is 0.492 e. The van der Waals surface area contributed by atoms with Gasteiger partial charge in [0, 0.05) is 17.3 Å². The molecule has 2 aromatic carbocycles. The first-order chi connectivity index (χ1) is 10.2. The van der Waals surface area contributed by atoms with Crippen molar-refractivity contribution in [3.05, 3.63) is 59.1 Å². The molecule has 0 spiro atoms. The molecule has 0 aliphatic heterocycles. The second-order valence-electron chi connectivity index (χ2n) is 4.25. The molecular weight excluding hydrogens is 290 g/mol. The molecule has 5 nitrogen and oxygen atoms in total. The number of para-hydroxylation sites is 1. The lowest BCUT2D eigenvalue weighted by Gasteiger charge is -2.11. The third-order valence-corrected chi connectivity index (χ3v) is 3.05. The number of nitrogen functional groups attached to an aromatic ring is 1. The smallest absolute Gasteiger partial charge is 0.267 e. The van der Waals surface area contributed by atoms with Gasteiger partial charge in [-0.25, -0.2) is 5.84 Å². The van der Waals surface area contributed by atoms with Gasteiger partial charge in [-0.3, -0.25) is 10.2 Å². The van der Waals surface area contributed by atoms with Crippen LogP contribution in [0.4, 0.5) is 5.69 Å². The van der Waals surface area contributed by atoms with E-state index < -0.39 is 0 Å². The molecule has 0 unspecified atom stereocenters. The summed E-state index contributed by atoms with van der Waals surface area (Å²) in [5.74, 6) is 5.56. The minimum absolute atomic E-state index is 0.336. The number of benzene rings is 2. The molecule has 0 aliphatic rings. The van der Waals surface area contributed by atoms with Crippen LogP contribution in [0, 0.1) is 0 Å². The number of hydrogen-bond acceptors (Lipinski definition) is 4. The van der Waals surface area contributed by atoms with Crippen LogP contribution in [0.2, 0.25) is 5.02 Å². The highest BCUT2D eigenvalue weighted by atomic mass is 35.5. The summed E-state index contributed by atoms with van der Waals surface area (Å²) in [5, 5.41) is 3.81. The normalized spacial score (nSPS) is 10.0. The van der Waals surface area contributed by atoms with Gasteiger partial charge in [-0.2, -0.15) is 0 Å². The third-order valence-electron chi connectivity index (χ3n) is 2.80. The summed E-state index contributed by atoms with van der Waals surface area (Å²) < 4.78 is 5.56. The van der Waals surface area contributed by atoms with Gasteiger partial charge in [0.15, 0.2) is 0 Å². The highest BCUT2D eigenvalue weighted by molar-refractivity contribution is 6.30. The van der Waals surface area contributed by atoms with Crippen molar-refractivity contribution in [1.29, 1.82) is 0 Å². The van der Waals surface area contributed by atoms with E-state index in [9.17, 15) is 4.79 Å². The van der Waals surface area contributed by atoms with Crippen LogP contribution in [0.3, 0.4) is 0 Å². The maximum Gasteiger partial charge on any atom is 0.267 e. The fraction of sp³-hybridized carbons (Fsp3) is 0.133. The van der Waals surface area contributed by atoms with Crippen LogP contribution >= 0.6 is 11.6 Å². The van der Waals surface area contributed by atoms with Crippen LogP contribution in [0.1, 0.15) is 10.4 Å². The Balaban J connectivity index is 1.86. The molecule has 1 amide bonds. The fourth-order valence-corrected chi connectivity index (χ4v) is 1.92. The first-order valence-corrected chi connectivity index (χ1v) is 6.80. The molecule has 4 N–H and O–H groups in total. The molecule has 0 aliphatic carbocycles. The number of hydrogen-bond donors (Lipinski definition) is 3. The van der Waals surface area contributed by atoms with Crippen molar-refractivity contribution in [3.63, 3.8) is 0 Å². The van der Waals surface area contributed by atoms with Gasteiger partial charge in [0.05, 0.1) is 5.56 Å². The molecule has 0 fully saturated rings. The molecule has 2 aromatic rings. The monoisotopic (exact) mass is 305 g/mol. The Labute approximate surface area is 128 Å². The van der Waals surface area contributed by atoms with E-state index in [4.69, 9.17) is 22.2 Å². The summed E-state index contributed by atoms with van der Waals surface area (Å²) in [7, 11) is 0. The van der Waals surface area contributed by atoms with Crippen molar-refractivity contribution >= 4 is 23.2 Å². The van der Waals surface area contributed by atoms with E-state index in [0.29, 0.717) is 29.4 Å². The summed E-state index contributed by atoms with van der Waals surface area (Å²) >= 11 is 5.80. The molecular formula is C15H16ClN3O2. The lowest BCUT2D eigenvalue weighted by molar-refractivity contribution is 0.0954. The number of hydrazine groups is 1. The summed E-state index contributed by atoms with van der Waals surface area (Å²) in [6.45, 7) is 1.01. The molecule has 0 bridgehead atoms. The van der Waals surface area contributed by atoms with E-state index >= 15 is 0 Å². The second-order valence-corrected chi connectivity index (χ2v) is 4.68. The molecule has 0 atom stereocenters. The van der Waals surface area contributed by atoms with Gasteiger partial charge < -0.3 is 10.1 Å². The maximum atomic E-state index is 11.6. The summed E-state index contributed by atoms with van der Waals surface area (Å²) in [6.07, 6.45) is 0. The minimum atomic E-state index is -0.336. The van der Waals surface area contributed by atoms with Gasteiger partial charge in [0.25, 0.3) is 5.91 Å². The lowest BCUT2D eigenvalue weighted by Crippen LogP contribution is -2.30. The number of carbonyl (C=O) groups is 1. The number of nitrogens with one attached hydrogen (secondary N) is 2. The van der Waals surface area contributed by atoms with Gasteiger partial charge in [0.1, 0.15) is 12.4 Å². The van der Waals surface area contributed by atoms with Crippen LogP contribution in [0.15, 0.2) is 48.5 Å². The predicted octanol–water partition coefficient (Wildman–Crippen LogP) is 2.43. The number of ether oxygens (including phenoxy) is 1. The van der Waals surface area contributed by atoms with Crippen molar-refractivity contribution in [2.45, 2.75) is 0 Å². The van der Waals surface area contributed by atoms with Gasteiger partial charge in [-0.1, -0.05) is 23.7 Å². The Hall–Kier alpha value is -2.24. The number of halogens is 1. The Morgan fingerprint density at radius 2 is 1.86 bits per heavy atom. The summed E-state index contributed by atoms with van der Waals surface area (Å²) in [5.41, 5.74) is 3.32. The van der Waals surface area contributed by atoms with E-state index in [2.05, 4.69) is 10.7 Å². The quantitative estimate of drug-likeness (QED) is 0.331. The van der Waals surface area contributed by atoms with Crippen LogP contribution in [0.25, 0.3) is 0 Å². The summed E-state index contributed by atoms with van der Waals surface area (Å²) in [4.78, 5) is 11.6. The van der Waals surface area contributed by atoms with Crippen molar-refractivity contribution < 1.29 is 9.53 Å². The van der Waals surface area contributed by atoms with Gasteiger partial charge in [-0.05, 0) is 36.4 Å². The minimum Gasteiger partial charge on any atom is -0.492 e. The Morgan fingerprint density at radius 3 is 2.57 bits per heavy atom. The van der Waals surface area contributed by atoms with E-state index in [1.807, 2.05) is 12.1 Å². The molecule has 0 aromatic heterocycles. The number of carbonyl (C=O) groups excluding carboxylic acids is 1. The van der Waals surface area contributed by atoms with Gasteiger partial charge >= 0.3 is 0 Å². The number of amides is 1. The molecule has 2 rings (SSSR count). The molecule has 0 saturated heterocycles. The number of rotatable bonds is 6. The summed E-state index contributed by atoms with van der Waals surface area (Å²) in [6, 6.07) is 14.3. The second kappa shape index (κ2) is 7.52. The van der Waals surface area contributed by atoms with E-state index in [0.717, 1.165) is 5.75 Å². The highest BCUT2D eigenvalue weighted by Gasteiger charge is 2.08. The Morgan fingerprint density at radius 1 is 1.14 bits per heavy atom. The molecule has 0 radical (unpaired) electrons. The standard InChI is InChI=1S/C15H16ClN3O2/c16-11-5-7-12(8-6-11)21-10-9-18-14-4-2-1-3-13(14)15(20)19-17/h1-8,18H,9-10,17H2,(H,19,20). The molecule has 110 valence electrons. The average Bonchev–Trinajstić information content (AvgIpc) is 2.53. The highest BCUT2D eigenvalue weighted by Crippen LogP contribution is 2.16. The number of nitrogens with two attached hydrogens (primary N) is 1. The van der Waals surface area contributed by atoms with Crippen LogP contribution in [-0.2, 0) is 0 Å². The maximum absolute atomic E-state index is 11.6. The fourth-order valence-electron chi connectivity index (χ4n) is 1.80. The van der Waals surface area contributed by atoms with Crippen molar-refractivity contribution in [2.75, 3.05) is 18.5 Å². The lowest BCUT2D eigenvalue weighted by atomic mass is 10.1. The zero-order valence-corrected chi connectivity index (χ0v) is 12.1. The van der Waals surface area contributed by atoms with Crippen molar-refractivity contribution in [2.24, 2.45) is 5.84 Å². The first-order valence-electron chi connectivity index (χ1n) is 6.43. The zero-order valence-electron chi connectivity index (χ0n) is 11.3. The topological polar surface area (TPSA) is 76.4 Å². The zero-order chi connectivity index (χ0) is 15.1. The SMILES string of the molecule is NNC(=O)c1ccccc1NCCOc1ccc(Cl)cc1. The van der Waals surface area contributed by atoms with Crippen molar-refractivity contribution in [1.82, 2.24) is 5.43 Å². The molecule has 0 heterocycles. The molecule has 6 heteroatoms. The van der Waals surface area contributed by atoms with Crippen LogP contribution in [0.5, 0.6) is 5.75 Å². The first kappa shape index (κ1) is 15.2. The molecule has 21 heavy (non-hydrogen) atoms. The van der Waals surface area contributed by atoms with E-state index in [1.54, 1.807) is 36.4 Å². The number of anilines is 1. The van der Waals surface area contributed by atoms with E-state index in [1.165, 1.54) is 0 Å². The van der Waals surface area contributed by atoms with Gasteiger partial charge in [-0.15, -0.1) is 0 Å². The molecule has 0 saturated carbocycles. The Bertz CT molecular complexity index is 602. The predicted molar refractivity (Wildman–Crippen MR) is 83.5 cm³/mol. The third kappa shape index (κ3) is 4.37. The van der Waals surface area contributed by atoms with Crippen LogP contribution < -0.4 is 21.3 Å². The van der Waals surface area contributed by atoms with Crippen molar-refractivity contribution in [3.8, 4) is 5.75 Å². The van der Waals surface area contributed by atoms with E-state index in [-0.39, 0.29) is 5.91 Å². The van der Waals surface area contributed by atoms with Gasteiger partial charge in [0.2, 0.25) is 0 Å². The van der Waals surface area contributed by atoms with Crippen LogP contribution in [-0.4, -0.2) is 19.1 Å². The Kier molecular flexibility index (Phi) is 5.43.